The SMILES string of the molecule is CC(=O)N(c1nc(/C=C/c2nc(C(=O)O)c(C)s2)cs1)C1CC1. The Morgan fingerprint density at radius 1 is 1.35 bits per heavy atom. The van der Waals surface area contributed by atoms with Gasteiger partial charge in [-0.2, -0.15) is 0 Å². The molecule has 1 aliphatic carbocycles. The summed E-state index contributed by atoms with van der Waals surface area (Å²) in [4.78, 5) is 33.7. The Bertz CT molecular complexity index is 790. The highest BCUT2D eigenvalue weighted by atomic mass is 32.1. The molecule has 0 spiro atoms. The minimum absolute atomic E-state index is 0.0130. The first-order valence-corrected chi connectivity index (χ1v) is 8.79. The largest absolute Gasteiger partial charge is 0.476 e. The van der Waals surface area contributed by atoms with Gasteiger partial charge >= 0.3 is 5.97 Å². The second kappa shape index (κ2) is 6.21. The van der Waals surface area contributed by atoms with Gasteiger partial charge in [0.25, 0.3) is 0 Å². The lowest BCUT2D eigenvalue weighted by Crippen LogP contribution is -2.30. The maximum absolute atomic E-state index is 11.7. The lowest BCUT2D eigenvalue weighted by molar-refractivity contribution is -0.116. The van der Waals surface area contributed by atoms with E-state index in [9.17, 15) is 9.59 Å². The summed E-state index contributed by atoms with van der Waals surface area (Å²) in [5.41, 5.74) is 0.826. The molecule has 8 heteroatoms. The first kappa shape index (κ1) is 15.8. The van der Waals surface area contributed by atoms with Crippen LogP contribution in [-0.4, -0.2) is 33.0 Å². The number of hydrogen-bond donors (Lipinski definition) is 1. The van der Waals surface area contributed by atoms with Crippen molar-refractivity contribution in [3.63, 3.8) is 0 Å². The molecule has 0 aromatic carbocycles. The molecule has 2 aromatic rings. The zero-order valence-electron chi connectivity index (χ0n) is 12.6. The van der Waals surface area contributed by atoms with Gasteiger partial charge in [-0.3, -0.25) is 9.69 Å². The number of thiazole rings is 2. The molecule has 1 aliphatic rings. The highest BCUT2D eigenvalue weighted by molar-refractivity contribution is 7.14. The first-order chi connectivity index (χ1) is 11.0. The van der Waals surface area contributed by atoms with E-state index in [1.807, 2.05) is 5.38 Å². The van der Waals surface area contributed by atoms with Gasteiger partial charge in [0.15, 0.2) is 10.8 Å². The number of hydrogen-bond acceptors (Lipinski definition) is 6. The van der Waals surface area contributed by atoms with Gasteiger partial charge in [0.05, 0.1) is 5.69 Å². The number of rotatable bonds is 5. The summed E-state index contributed by atoms with van der Waals surface area (Å²) >= 11 is 2.76. The van der Waals surface area contributed by atoms with Crippen molar-refractivity contribution in [2.45, 2.75) is 32.7 Å². The molecule has 2 heterocycles. The fraction of sp³-hybridized carbons (Fsp3) is 0.333. The molecule has 0 unspecified atom stereocenters. The van der Waals surface area contributed by atoms with Crippen LogP contribution in [0.3, 0.4) is 0 Å². The average molecular weight is 349 g/mol. The van der Waals surface area contributed by atoms with Gasteiger partial charge < -0.3 is 5.11 Å². The van der Waals surface area contributed by atoms with Crippen LogP contribution in [0.1, 0.15) is 45.8 Å². The predicted molar refractivity (Wildman–Crippen MR) is 91.0 cm³/mol. The monoisotopic (exact) mass is 349 g/mol. The van der Waals surface area contributed by atoms with Gasteiger partial charge in [-0.1, -0.05) is 0 Å². The van der Waals surface area contributed by atoms with E-state index in [-0.39, 0.29) is 17.6 Å². The van der Waals surface area contributed by atoms with E-state index in [1.54, 1.807) is 30.9 Å². The van der Waals surface area contributed by atoms with E-state index < -0.39 is 5.97 Å². The molecule has 0 aliphatic heterocycles. The van der Waals surface area contributed by atoms with Gasteiger partial charge in [-0.25, -0.2) is 14.8 Å². The summed E-state index contributed by atoms with van der Waals surface area (Å²) in [6.07, 6.45) is 5.59. The van der Waals surface area contributed by atoms with E-state index in [0.717, 1.165) is 18.5 Å². The number of aromatic carboxylic acids is 1. The van der Waals surface area contributed by atoms with Crippen molar-refractivity contribution in [2.75, 3.05) is 4.90 Å². The van der Waals surface area contributed by atoms with E-state index in [0.29, 0.717) is 15.0 Å². The van der Waals surface area contributed by atoms with Crippen LogP contribution in [-0.2, 0) is 4.79 Å². The Balaban J connectivity index is 1.77. The minimum atomic E-state index is -1.02. The Morgan fingerprint density at radius 2 is 2.09 bits per heavy atom. The smallest absolute Gasteiger partial charge is 0.355 e. The zero-order valence-corrected chi connectivity index (χ0v) is 14.3. The van der Waals surface area contributed by atoms with Crippen molar-refractivity contribution >= 4 is 51.8 Å². The average Bonchev–Trinajstić information content (AvgIpc) is 3.05. The molecule has 6 nitrogen and oxygen atoms in total. The second-order valence-electron chi connectivity index (χ2n) is 5.27. The third-order valence-electron chi connectivity index (χ3n) is 3.38. The number of carbonyl (C=O) groups is 2. The summed E-state index contributed by atoms with van der Waals surface area (Å²) in [6.45, 7) is 3.29. The molecule has 23 heavy (non-hydrogen) atoms. The highest BCUT2D eigenvalue weighted by Gasteiger charge is 2.33. The Hall–Kier alpha value is -2.06. The Labute approximate surface area is 141 Å². The molecular formula is C15H15N3O3S2. The van der Waals surface area contributed by atoms with Crippen molar-refractivity contribution in [3.8, 4) is 0 Å². The summed E-state index contributed by atoms with van der Waals surface area (Å²) in [5, 5.41) is 12.2. The van der Waals surface area contributed by atoms with Crippen LogP contribution < -0.4 is 4.90 Å². The fourth-order valence-corrected chi connectivity index (χ4v) is 3.91. The summed E-state index contributed by atoms with van der Waals surface area (Å²) < 4.78 is 0. The molecule has 0 saturated heterocycles. The van der Waals surface area contributed by atoms with Crippen LogP contribution >= 0.6 is 22.7 Å². The number of anilines is 1. The normalized spacial score (nSPS) is 14.3. The topological polar surface area (TPSA) is 83.4 Å². The Kier molecular flexibility index (Phi) is 4.27. The van der Waals surface area contributed by atoms with E-state index in [1.165, 1.54) is 22.7 Å². The predicted octanol–water partition coefficient (Wildman–Crippen LogP) is 3.29. The van der Waals surface area contributed by atoms with Crippen LogP contribution in [0.4, 0.5) is 5.13 Å². The van der Waals surface area contributed by atoms with Gasteiger partial charge in [0.1, 0.15) is 5.01 Å². The fourth-order valence-electron chi connectivity index (χ4n) is 2.19. The van der Waals surface area contributed by atoms with Crippen LogP contribution in [0.25, 0.3) is 12.2 Å². The minimum Gasteiger partial charge on any atom is -0.476 e. The number of carboxylic acids is 1. The molecule has 1 saturated carbocycles. The molecular weight excluding hydrogens is 334 g/mol. The molecule has 120 valence electrons. The lowest BCUT2D eigenvalue weighted by atomic mass is 10.4. The first-order valence-electron chi connectivity index (χ1n) is 7.10. The maximum atomic E-state index is 11.7. The number of amides is 1. The zero-order chi connectivity index (χ0) is 16.6. The van der Waals surface area contributed by atoms with Crippen molar-refractivity contribution in [3.05, 3.63) is 26.7 Å². The molecule has 2 aromatic heterocycles. The molecule has 0 atom stereocenters. The summed E-state index contributed by atoms with van der Waals surface area (Å²) in [7, 11) is 0. The van der Waals surface area contributed by atoms with Gasteiger partial charge in [-0.15, -0.1) is 22.7 Å². The van der Waals surface area contributed by atoms with E-state index in [4.69, 9.17) is 5.11 Å². The van der Waals surface area contributed by atoms with Crippen molar-refractivity contribution in [1.29, 1.82) is 0 Å². The quantitative estimate of drug-likeness (QED) is 0.895. The van der Waals surface area contributed by atoms with E-state index in [2.05, 4.69) is 9.97 Å². The summed E-state index contributed by atoms with van der Waals surface area (Å²) in [5.74, 6) is -1.00. The summed E-state index contributed by atoms with van der Waals surface area (Å²) in [6, 6.07) is 0.287. The van der Waals surface area contributed by atoms with Crippen molar-refractivity contribution in [1.82, 2.24) is 9.97 Å². The number of aromatic nitrogens is 2. The molecule has 1 fully saturated rings. The Morgan fingerprint density at radius 3 is 2.65 bits per heavy atom. The third kappa shape index (κ3) is 3.48. The molecule has 3 rings (SSSR count). The lowest BCUT2D eigenvalue weighted by Gasteiger charge is -2.16. The van der Waals surface area contributed by atoms with Crippen LogP contribution in [0, 0.1) is 6.92 Å². The number of aryl methyl sites for hydroxylation is 1. The van der Waals surface area contributed by atoms with Gasteiger partial charge in [0.2, 0.25) is 5.91 Å². The molecule has 0 bridgehead atoms. The molecule has 1 N–H and O–H groups in total. The maximum Gasteiger partial charge on any atom is 0.355 e. The van der Waals surface area contributed by atoms with Gasteiger partial charge in [0, 0.05) is 23.2 Å². The van der Waals surface area contributed by atoms with Crippen LogP contribution in [0.5, 0.6) is 0 Å². The van der Waals surface area contributed by atoms with Gasteiger partial charge in [-0.05, 0) is 31.9 Å². The van der Waals surface area contributed by atoms with Crippen LogP contribution in [0.15, 0.2) is 5.38 Å². The number of nitrogens with zero attached hydrogens (tertiary/aromatic N) is 3. The van der Waals surface area contributed by atoms with E-state index >= 15 is 0 Å². The van der Waals surface area contributed by atoms with Crippen molar-refractivity contribution < 1.29 is 14.7 Å². The number of carbonyl (C=O) groups excluding carboxylic acids is 1. The van der Waals surface area contributed by atoms with Crippen LogP contribution in [0.2, 0.25) is 0 Å². The molecule has 1 amide bonds. The highest BCUT2D eigenvalue weighted by Crippen LogP contribution is 2.34. The standard InChI is InChI=1S/C15H15N3O3S2/c1-8-13(14(20)21)17-12(23-8)6-3-10-7-22-15(16-10)18(9(2)19)11-4-5-11/h3,6-7,11H,4-5H2,1-2H3,(H,20,21)/b6-3+. The second-order valence-corrected chi connectivity index (χ2v) is 7.34. The third-order valence-corrected chi connectivity index (χ3v) is 5.17. The number of carboxylic acid groups (broad SMARTS) is 1. The van der Waals surface area contributed by atoms with Crippen molar-refractivity contribution in [2.24, 2.45) is 0 Å². The molecule has 0 radical (unpaired) electrons.